The van der Waals surface area contributed by atoms with E-state index in [1.165, 1.54) is 0 Å². The van der Waals surface area contributed by atoms with Crippen molar-refractivity contribution in [3.63, 3.8) is 0 Å². The number of rotatable bonds is 9. The number of nitrogens with one attached hydrogen (secondary N) is 1. The van der Waals surface area contributed by atoms with E-state index in [1.54, 1.807) is 14.2 Å². The summed E-state index contributed by atoms with van der Waals surface area (Å²) in [6, 6.07) is 5.90. The van der Waals surface area contributed by atoms with Crippen LogP contribution in [0.5, 0.6) is 11.5 Å². The Bertz CT molecular complexity index is 338. The Morgan fingerprint density at radius 3 is 2.21 bits per heavy atom. The second-order valence-electron chi connectivity index (χ2n) is 4.24. The van der Waals surface area contributed by atoms with Gasteiger partial charge in [0.1, 0.15) is 11.5 Å². The Morgan fingerprint density at radius 1 is 1.11 bits per heavy atom. The van der Waals surface area contributed by atoms with E-state index in [0.29, 0.717) is 13.2 Å². The van der Waals surface area contributed by atoms with E-state index in [-0.39, 0.29) is 6.04 Å². The highest BCUT2D eigenvalue weighted by Crippen LogP contribution is 2.34. The Hall–Kier alpha value is -1.26. The van der Waals surface area contributed by atoms with Crippen molar-refractivity contribution in [2.45, 2.75) is 26.3 Å². The van der Waals surface area contributed by atoms with E-state index >= 15 is 0 Å². The molecule has 19 heavy (non-hydrogen) atoms. The molecular formula is C15H25NO3. The zero-order valence-corrected chi connectivity index (χ0v) is 12.4. The van der Waals surface area contributed by atoms with Gasteiger partial charge in [0.25, 0.3) is 0 Å². The predicted octanol–water partition coefficient (Wildman–Crippen LogP) is 2.78. The molecule has 1 atom stereocenters. The average molecular weight is 267 g/mol. The average Bonchev–Trinajstić information content (AvgIpc) is 2.46. The van der Waals surface area contributed by atoms with Gasteiger partial charge in [0.15, 0.2) is 0 Å². The van der Waals surface area contributed by atoms with Crippen molar-refractivity contribution in [3.8, 4) is 11.5 Å². The highest BCUT2D eigenvalue weighted by Gasteiger charge is 2.20. The van der Waals surface area contributed by atoms with Crippen LogP contribution in [0.1, 0.15) is 31.9 Å². The van der Waals surface area contributed by atoms with Gasteiger partial charge in [-0.15, -0.1) is 0 Å². The van der Waals surface area contributed by atoms with Crippen molar-refractivity contribution >= 4 is 0 Å². The third kappa shape index (κ3) is 4.40. The van der Waals surface area contributed by atoms with Crippen LogP contribution in [0, 0.1) is 0 Å². The molecule has 1 N–H and O–H groups in total. The molecule has 0 aliphatic carbocycles. The third-order valence-electron chi connectivity index (χ3n) is 2.94. The first-order valence-corrected chi connectivity index (χ1v) is 6.80. The van der Waals surface area contributed by atoms with Gasteiger partial charge in [0, 0.05) is 6.61 Å². The molecule has 0 fully saturated rings. The van der Waals surface area contributed by atoms with Crippen LogP contribution in [0.25, 0.3) is 0 Å². The summed E-state index contributed by atoms with van der Waals surface area (Å²) >= 11 is 0. The SMILES string of the molecule is CCCNC(COCC)c1c(OC)cccc1OC. The molecule has 4 heteroatoms. The molecule has 0 aromatic heterocycles. The maximum atomic E-state index is 5.57. The maximum Gasteiger partial charge on any atom is 0.127 e. The van der Waals surface area contributed by atoms with Crippen molar-refractivity contribution in [2.75, 3.05) is 34.0 Å². The standard InChI is InChI=1S/C15H25NO3/c1-5-10-16-12(11-19-6-2)15-13(17-3)8-7-9-14(15)18-4/h7-9,12,16H,5-6,10-11H2,1-4H3. The lowest BCUT2D eigenvalue weighted by Gasteiger charge is -2.23. The minimum absolute atomic E-state index is 0.0750. The normalized spacial score (nSPS) is 12.2. The molecule has 108 valence electrons. The van der Waals surface area contributed by atoms with Gasteiger partial charge in [-0.3, -0.25) is 0 Å². The molecule has 0 aliphatic heterocycles. The van der Waals surface area contributed by atoms with Crippen molar-refractivity contribution in [3.05, 3.63) is 23.8 Å². The monoisotopic (exact) mass is 267 g/mol. The molecular weight excluding hydrogens is 242 g/mol. The van der Waals surface area contributed by atoms with E-state index in [0.717, 1.165) is 30.0 Å². The van der Waals surface area contributed by atoms with Crippen molar-refractivity contribution in [1.82, 2.24) is 5.32 Å². The molecule has 1 aromatic carbocycles. The number of ether oxygens (including phenoxy) is 3. The van der Waals surface area contributed by atoms with E-state index < -0.39 is 0 Å². The van der Waals surface area contributed by atoms with Gasteiger partial charge in [0.05, 0.1) is 32.4 Å². The molecule has 0 saturated carbocycles. The van der Waals surface area contributed by atoms with E-state index in [1.807, 2.05) is 25.1 Å². The molecule has 0 heterocycles. The van der Waals surface area contributed by atoms with Crippen molar-refractivity contribution < 1.29 is 14.2 Å². The predicted molar refractivity (Wildman–Crippen MR) is 77.1 cm³/mol. The lowest BCUT2D eigenvalue weighted by atomic mass is 10.0. The smallest absolute Gasteiger partial charge is 0.127 e. The van der Waals surface area contributed by atoms with Gasteiger partial charge >= 0.3 is 0 Å². The van der Waals surface area contributed by atoms with Gasteiger partial charge in [-0.25, -0.2) is 0 Å². The summed E-state index contributed by atoms with van der Waals surface area (Å²) in [6.07, 6.45) is 1.07. The third-order valence-corrected chi connectivity index (χ3v) is 2.94. The minimum atomic E-state index is 0.0750. The Kier molecular flexibility index (Phi) is 7.30. The van der Waals surface area contributed by atoms with Crippen molar-refractivity contribution in [2.24, 2.45) is 0 Å². The second kappa shape index (κ2) is 8.77. The largest absolute Gasteiger partial charge is 0.496 e. The lowest BCUT2D eigenvalue weighted by molar-refractivity contribution is 0.121. The van der Waals surface area contributed by atoms with Gasteiger partial charge < -0.3 is 19.5 Å². The molecule has 0 saturated heterocycles. The fourth-order valence-electron chi connectivity index (χ4n) is 2.02. The quantitative estimate of drug-likeness (QED) is 0.747. The summed E-state index contributed by atoms with van der Waals surface area (Å²) in [5.41, 5.74) is 1.02. The van der Waals surface area contributed by atoms with Crippen LogP contribution >= 0.6 is 0 Å². The zero-order chi connectivity index (χ0) is 14.1. The first-order valence-electron chi connectivity index (χ1n) is 6.80. The fraction of sp³-hybridized carbons (Fsp3) is 0.600. The van der Waals surface area contributed by atoms with Crippen LogP contribution < -0.4 is 14.8 Å². The zero-order valence-electron chi connectivity index (χ0n) is 12.4. The minimum Gasteiger partial charge on any atom is -0.496 e. The van der Waals surface area contributed by atoms with Gasteiger partial charge in [-0.2, -0.15) is 0 Å². The summed E-state index contributed by atoms with van der Waals surface area (Å²) in [5, 5.41) is 3.48. The summed E-state index contributed by atoms with van der Waals surface area (Å²) in [6.45, 7) is 6.37. The fourth-order valence-corrected chi connectivity index (χ4v) is 2.02. The topological polar surface area (TPSA) is 39.7 Å². The maximum absolute atomic E-state index is 5.57. The summed E-state index contributed by atoms with van der Waals surface area (Å²) in [7, 11) is 3.35. The highest BCUT2D eigenvalue weighted by molar-refractivity contribution is 5.47. The van der Waals surface area contributed by atoms with Crippen LogP contribution in [0.3, 0.4) is 0 Å². The van der Waals surface area contributed by atoms with Crippen molar-refractivity contribution in [1.29, 1.82) is 0 Å². The van der Waals surface area contributed by atoms with E-state index in [4.69, 9.17) is 14.2 Å². The first-order chi connectivity index (χ1) is 9.28. The highest BCUT2D eigenvalue weighted by atomic mass is 16.5. The first kappa shape index (κ1) is 15.8. The molecule has 0 radical (unpaired) electrons. The Morgan fingerprint density at radius 2 is 1.74 bits per heavy atom. The Labute approximate surface area is 116 Å². The number of hydrogen-bond acceptors (Lipinski definition) is 4. The molecule has 1 unspecified atom stereocenters. The van der Waals surface area contributed by atoms with E-state index in [9.17, 15) is 0 Å². The van der Waals surface area contributed by atoms with Gasteiger partial charge in [-0.1, -0.05) is 13.0 Å². The molecule has 0 spiro atoms. The molecule has 1 rings (SSSR count). The molecule has 4 nitrogen and oxygen atoms in total. The number of hydrogen-bond donors (Lipinski definition) is 1. The lowest BCUT2D eigenvalue weighted by Crippen LogP contribution is -2.27. The van der Waals surface area contributed by atoms with Crippen LogP contribution in [-0.4, -0.2) is 34.0 Å². The molecule has 1 aromatic rings. The van der Waals surface area contributed by atoms with Crippen LogP contribution in [0.4, 0.5) is 0 Å². The molecule has 0 amide bonds. The van der Waals surface area contributed by atoms with Crippen LogP contribution in [0.2, 0.25) is 0 Å². The number of benzene rings is 1. The van der Waals surface area contributed by atoms with Gasteiger partial charge in [0.2, 0.25) is 0 Å². The molecule has 0 bridgehead atoms. The summed E-state index contributed by atoms with van der Waals surface area (Å²) in [5.74, 6) is 1.65. The summed E-state index contributed by atoms with van der Waals surface area (Å²) < 4.78 is 16.5. The summed E-state index contributed by atoms with van der Waals surface area (Å²) in [4.78, 5) is 0. The molecule has 0 aliphatic rings. The van der Waals surface area contributed by atoms with Gasteiger partial charge in [-0.05, 0) is 32.0 Å². The number of methoxy groups -OCH3 is 2. The van der Waals surface area contributed by atoms with Crippen LogP contribution in [0.15, 0.2) is 18.2 Å². The Balaban J connectivity index is 3.03. The second-order valence-corrected chi connectivity index (χ2v) is 4.24. The van der Waals surface area contributed by atoms with E-state index in [2.05, 4.69) is 12.2 Å². The van der Waals surface area contributed by atoms with Crippen LogP contribution in [-0.2, 0) is 4.74 Å².